The number of amides is 2. The smallest absolute Gasteiger partial charge is 0.264 e. The summed E-state index contributed by atoms with van der Waals surface area (Å²) < 4.78 is 16.3. The first-order chi connectivity index (χ1) is 15.9. The van der Waals surface area contributed by atoms with Crippen molar-refractivity contribution in [2.75, 3.05) is 37.6 Å². The summed E-state index contributed by atoms with van der Waals surface area (Å²) in [7, 11) is 3.34. The van der Waals surface area contributed by atoms with Crippen LogP contribution in [0.5, 0.6) is 17.2 Å². The molecule has 3 aromatic rings. The molecule has 0 aliphatic carbocycles. The van der Waals surface area contributed by atoms with E-state index in [0.717, 1.165) is 27.6 Å². The third-order valence-corrected chi connectivity index (χ3v) is 6.12. The third kappa shape index (κ3) is 5.25. The zero-order valence-electron chi connectivity index (χ0n) is 18.7. The van der Waals surface area contributed by atoms with Gasteiger partial charge in [-0.2, -0.15) is 0 Å². The second kappa shape index (κ2) is 9.91. The largest absolute Gasteiger partial charge is 0.497 e. The van der Waals surface area contributed by atoms with Gasteiger partial charge in [-0.05, 0) is 55.8 Å². The van der Waals surface area contributed by atoms with Crippen molar-refractivity contribution in [3.63, 3.8) is 0 Å². The molecule has 0 saturated carbocycles. The second-order valence-electron chi connectivity index (χ2n) is 7.52. The summed E-state index contributed by atoms with van der Waals surface area (Å²) >= 11 is 1.42. The van der Waals surface area contributed by atoms with Crippen molar-refractivity contribution >= 4 is 34.0 Å². The Morgan fingerprint density at radius 1 is 1.21 bits per heavy atom. The van der Waals surface area contributed by atoms with Crippen LogP contribution in [0, 0.1) is 6.92 Å². The van der Waals surface area contributed by atoms with Gasteiger partial charge in [-0.15, -0.1) is 11.3 Å². The van der Waals surface area contributed by atoms with E-state index in [4.69, 9.17) is 14.2 Å². The number of nitrogens with zero attached hydrogens (tertiary/aromatic N) is 2. The van der Waals surface area contributed by atoms with E-state index < -0.39 is 0 Å². The van der Waals surface area contributed by atoms with Crippen LogP contribution in [0.2, 0.25) is 0 Å². The number of hydrogen-bond acceptors (Lipinski definition) is 7. The van der Waals surface area contributed by atoms with E-state index in [0.29, 0.717) is 36.0 Å². The van der Waals surface area contributed by atoms with Crippen molar-refractivity contribution in [1.82, 2.24) is 4.98 Å². The predicted octanol–water partition coefficient (Wildman–Crippen LogP) is 4.28. The zero-order valence-corrected chi connectivity index (χ0v) is 19.5. The van der Waals surface area contributed by atoms with Gasteiger partial charge in [-0.1, -0.05) is 0 Å². The van der Waals surface area contributed by atoms with Gasteiger partial charge in [0.05, 0.1) is 25.1 Å². The Kier molecular flexibility index (Phi) is 6.79. The van der Waals surface area contributed by atoms with E-state index >= 15 is 0 Å². The number of benzene rings is 2. The summed E-state index contributed by atoms with van der Waals surface area (Å²) in [4.78, 5) is 31.5. The van der Waals surface area contributed by atoms with Crippen LogP contribution in [-0.4, -0.2) is 44.2 Å². The average molecular weight is 468 g/mol. The number of thiazole rings is 1. The van der Waals surface area contributed by atoms with Crippen LogP contribution in [0.25, 0.3) is 11.3 Å². The molecule has 172 valence electrons. The maximum atomic E-state index is 12.4. The summed E-state index contributed by atoms with van der Waals surface area (Å²) in [6, 6.07) is 13.0. The minimum atomic E-state index is -0.113. The molecule has 0 atom stereocenters. The number of fused-ring (bicyclic) bond motifs is 1. The first-order valence-electron chi connectivity index (χ1n) is 10.5. The van der Waals surface area contributed by atoms with Crippen LogP contribution in [0.1, 0.15) is 17.7 Å². The van der Waals surface area contributed by atoms with Gasteiger partial charge < -0.3 is 24.4 Å². The minimum absolute atomic E-state index is 0.0416. The number of anilines is 2. The number of nitrogens with one attached hydrogen (secondary N) is 1. The number of carbonyl (C=O) groups is 2. The Hall–Kier alpha value is -3.59. The second-order valence-corrected chi connectivity index (χ2v) is 8.73. The molecule has 8 nitrogen and oxygen atoms in total. The molecule has 0 bridgehead atoms. The molecule has 1 aromatic heterocycles. The van der Waals surface area contributed by atoms with E-state index in [2.05, 4.69) is 10.3 Å². The van der Waals surface area contributed by atoms with E-state index in [1.165, 1.54) is 11.3 Å². The molecule has 0 unspecified atom stereocenters. The van der Waals surface area contributed by atoms with Gasteiger partial charge in [0.1, 0.15) is 17.2 Å². The highest BCUT2D eigenvalue weighted by molar-refractivity contribution is 7.16. The van der Waals surface area contributed by atoms with E-state index in [1.54, 1.807) is 19.1 Å². The van der Waals surface area contributed by atoms with Crippen molar-refractivity contribution in [1.29, 1.82) is 0 Å². The summed E-state index contributed by atoms with van der Waals surface area (Å²) in [5, 5.41) is 3.42. The molecular weight excluding hydrogens is 442 g/mol. The summed E-state index contributed by atoms with van der Waals surface area (Å²) in [6.45, 7) is 2.43. The number of aromatic nitrogens is 1. The number of methoxy groups -OCH3 is 1. The monoisotopic (exact) mass is 467 g/mol. The van der Waals surface area contributed by atoms with Crippen LogP contribution in [0.3, 0.4) is 0 Å². The molecule has 9 heteroatoms. The number of hydrogen-bond donors (Lipinski definition) is 1. The van der Waals surface area contributed by atoms with Crippen molar-refractivity contribution < 1.29 is 23.8 Å². The number of rotatable bonds is 8. The standard InChI is InChI=1S/C24H25N3O5S/c1-15-23(16-6-11-20-19(13-16)27(2)22(29)14-32-20)26-24(33-15)25-21(28)5-4-12-31-18-9-7-17(30-3)8-10-18/h6-11,13H,4-5,12,14H2,1-3H3,(H,25,26,28). The van der Waals surface area contributed by atoms with E-state index in [-0.39, 0.29) is 18.4 Å². The molecule has 1 aliphatic rings. The summed E-state index contributed by atoms with van der Waals surface area (Å²) in [5.41, 5.74) is 2.34. The van der Waals surface area contributed by atoms with Gasteiger partial charge >= 0.3 is 0 Å². The van der Waals surface area contributed by atoms with Gasteiger partial charge in [0.2, 0.25) is 5.91 Å². The number of ether oxygens (including phenoxy) is 3. The molecule has 0 saturated heterocycles. The van der Waals surface area contributed by atoms with Gasteiger partial charge in [-0.25, -0.2) is 4.98 Å². The normalized spacial score (nSPS) is 12.7. The molecule has 1 N–H and O–H groups in total. The van der Waals surface area contributed by atoms with Crippen molar-refractivity contribution in [2.24, 2.45) is 0 Å². The van der Waals surface area contributed by atoms with Crippen molar-refractivity contribution in [3.8, 4) is 28.5 Å². The topological polar surface area (TPSA) is 90.0 Å². The van der Waals surface area contributed by atoms with Gasteiger partial charge in [0, 0.05) is 23.9 Å². The first-order valence-corrected chi connectivity index (χ1v) is 11.3. The Bertz CT molecular complexity index is 1160. The highest BCUT2D eigenvalue weighted by atomic mass is 32.1. The van der Waals surface area contributed by atoms with Gasteiger partial charge in [0.15, 0.2) is 11.7 Å². The minimum Gasteiger partial charge on any atom is -0.497 e. The summed E-state index contributed by atoms with van der Waals surface area (Å²) in [5.74, 6) is 1.96. The first kappa shape index (κ1) is 22.6. The number of likely N-dealkylation sites (N-methyl/N-ethyl adjacent to an activating group) is 1. The van der Waals surface area contributed by atoms with Gasteiger partial charge in [0.25, 0.3) is 5.91 Å². The molecule has 33 heavy (non-hydrogen) atoms. The Balaban J connectivity index is 1.33. The maximum absolute atomic E-state index is 12.4. The average Bonchev–Trinajstić information content (AvgIpc) is 3.19. The third-order valence-electron chi connectivity index (χ3n) is 5.24. The van der Waals surface area contributed by atoms with Crippen LogP contribution in [0.4, 0.5) is 10.8 Å². The predicted molar refractivity (Wildman–Crippen MR) is 128 cm³/mol. The van der Waals surface area contributed by atoms with Crippen molar-refractivity contribution in [3.05, 3.63) is 47.3 Å². The Morgan fingerprint density at radius 3 is 2.73 bits per heavy atom. The molecule has 4 rings (SSSR count). The molecule has 0 spiro atoms. The molecule has 0 fully saturated rings. The Morgan fingerprint density at radius 2 is 1.97 bits per heavy atom. The lowest BCUT2D eigenvalue weighted by Gasteiger charge is -2.26. The molecule has 1 aliphatic heterocycles. The Labute approximate surface area is 196 Å². The lowest BCUT2D eigenvalue weighted by atomic mass is 10.1. The molecule has 2 aromatic carbocycles. The maximum Gasteiger partial charge on any atom is 0.264 e. The molecule has 0 radical (unpaired) electrons. The van der Waals surface area contributed by atoms with Crippen LogP contribution in [-0.2, 0) is 9.59 Å². The van der Waals surface area contributed by atoms with Crippen LogP contribution >= 0.6 is 11.3 Å². The van der Waals surface area contributed by atoms with Crippen LogP contribution < -0.4 is 24.4 Å². The molecule has 2 amide bonds. The lowest BCUT2D eigenvalue weighted by molar-refractivity contribution is -0.121. The van der Waals surface area contributed by atoms with Crippen LogP contribution in [0.15, 0.2) is 42.5 Å². The lowest BCUT2D eigenvalue weighted by Crippen LogP contribution is -2.35. The van der Waals surface area contributed by atoms with E-state index in [1.807, 2.05) is 49.4 Å². The SMILES string of the molecule is COc1ccc(OCCCC(=O)Nc2nc(-c3ccc4c(c3)N(C)C(=O)CO4)c(C)s2)cc1. The quantitative estimate of drug-likeness (QED) is 0.498. The van der Waals surface area contributed by atoms with E-state index in [9.17, 15) is 9.59 Å². The summed E-state index contributed by atoms with van der Waals surface area (Å²) in [6.07, 6.45) is 0.910. The van der Waals surface area contributed by atoms with Crippen molar-refractivity contribution in [2.45, 2.75) is 19.8 Å². The zero-order chi connectivity index (χ0) is 23.4. The highest BCUT2D eigenvalue weighted by Crippen LogP contribution is 2.37. The molecule has 2 heterocycles. The number of aryl methyl sites for hydroxylation is 1. The number of carbonyl (C=O) groups excluding carboxylic acids is 2. The fourth-order valence-corrected chi connectivity index (χ4v) is 4.27. The highest BCUT2D eigenvalue weighted by Gasteiger charge is 2.23. The fourth-order valence-electron chi connectivity index (χ4n) is 3.41. The molecular formula is C24H25N3O5S. The van der Waals surface area contributed by atoms with Gasteiger partial charge in [-0.3, -0.25) is 9.59 Å². The fraction of sp³-hybridized carbons (Fsp3) is 0.292.